The van der Waals surface area contributed by atoms with E-state index >= 15 is 0 Å². The Morgan fingerprint density at radius 3 is 2.65 bits per heavy atom. The van der Waals surface area contributed by atoms with Crippen LogP contribution in [0.1, 0.15) is 28.5 Å². The van der Waals surface area contributed by atoms with E-state index in [4.69, 9.17) is 16.3 Å². The molecule has 0 bridgehead atoms. The first-order valence-corrected chi connectivity index (χ1v) is 7.45. The summed E-state index contributed by atoms with van der Waals surface area (Å²) in [4.78, 5) is 28.0. The molecule has 0 spiro atoms. The van der Waals surface area contributed by atoms with Gasteiger partial charge in [0.1, 0.15) is 5.69 Å². The van der Waals surface area contributed by atoms with E-state index in [9.17, 15) is 9.59 Å². The maximum absolute atomic E-state index is 12.2. The number of amides is 1. The fourth-order valence-electron chi connectivity index (χ4n) is 1.90. The van der Waals surface area contributed by atoms with Crippen LogP contribution in [0.5, 0.6) is 0 Å². The zero-order chi connectivity index (χ0) is 17.0. The van der Waals surface area contributed by atoms with Gasteiger partial charge in [-0.1, -0.05) is 23.7 Å². The summed E-state index contributed by atoms with van der Waals surface area (Å²) in [7, 11) is 0. The molecule has 1 atom stereocenters. The lowest BCUT2D eigenvalue weighted by atomic mass is 10.1. The molecule has 120 valence electrons. The number of carbonyl (C=O) groups excluding carboxylic acids is 2. The first kappa shape index (κ1) is 17.0. The number of carbonyl (C=O) groups is 2. The molecule has 1 aromatic carbocycles. The SMILES string of the molecule is Cc1ccc(C)c(NC(=O)[C@@H](C)OC(=O)c2cc(Cl)ccn2)c1. The number of halogens is 1. The number of ether oxygens (including phenoxy) is 1. The Kier molecular flexibility index (Phi) is 5.34. The molecule has 0 saturated heterocycles. The van der Waals surface area contributed by atoms with Gasteiger partial charge in [0.25, 0.3) is 5.91 Å². The minimum Gasteiger partial charge on any atom is -0.448 e. The van der Waals surface area contributed by atoms with Crippen LogP contribution in [0.2, 0.25) is 5.02 Å². The van der Waals surface area contributed by atoms with E-state index in [-0.39, 0.29) is 5.69 Å². The van der Waals surface area contributed by atoms with E-state index in [2.05, 4.69) is 10.3 Å². The molecule has 0 radical (unpaired) electrons. The van der Waals surface area contributed by atoms with Crippen molar-refractivity contribution in [3.63, 3.8) is 0 Å². The summed E-state index contributed by atoms with van der Waals surface area (Å²) in [6.45, 7) is 5.33. The van der Waals surface area contributed by atoms with Gasteiger partial charge in [-0.3, -0.25) is 4.79 Å². The molecule has 0 saturated carbocycles. The van der Waals surface area contributed by atoms with Gasteiger partial charge in [0.05, 0.1) is 0 Å². The topological polar surface area (TPSA) is 68.3 Å². The highest BCUT2D eigenvalue weighted by Crippen LogP contribution is 2.17. The van der Waals surface area contributed by atoms with Gasteiger partial charge in [-0.05, 0) is 50.1 Å². The van der Waals surface area contributed by atoms with Crippen LogP contribution >= 0.6 is 11.6 Å². The van der Waals surface area contributed by atoms with Crippen molar-refractivity contribution in [2.45, 2.75) is 26.9 Å². The second-order valence-corrected chi connectivity index (χ2v) is 5.65. The fraction of sp³-hybridized carbons (Fsp3) is 0.235. The van der Waals surface area contributed by atoms with Crippen molar-refractivity contribution in [3.8, 4) is 0 Å². The molecular weight excluding hydrogens is 316 g/mol. The van der Waals surface area contributed by atoms with Gasteiger partial charge in [0, 0.05) is 16.9 Å². The number of benzene rings is 1. The molecule has 5 nitrogen and oxygen atoms in total. The Morgan fingerprint density at radius 1 is 1.22 bits per heavy atom. The first-order valence-electron chi connectivity index (χ1n) is 7.07. The van der Waals surface area contributed by atoms with Gasteiger partial charge in [-0.25, -0.2) is 9.78 Å². The van der Waals surface area contributed by atoms with Gasteiger partial charge in [0.15, 0.2) is 6.10 Å². The van der Waals surface area contributed by atoms with Crippen molar-refractivity contribution < 1.29 is 14.3 Å². The molecule has 6 heteroatoms. The molecule has 0 fully saturated rings. The van der Waals surface area contributed by atoms with Gasteiger partial charge >= 0.3 is 5.97 Å². The van der Waals surface area contributed by atoms with Crippen molar-refractivity contribution in [1.82, 2.24) is 4.98 Å². The molecule has 0 aliphatic rings. The molecule has 2 rings (SSSR count). The van der Waals surface area contributed by atoms with Gasteiger partial charge in [-0.15, -0.1) is 0 Å². The zero-order valence-corrected chi connectivity index (χ0v) is 13.8. The van der Waals surface area contributed by atoms with Crippen LogP contribution in [0.15, 0.2) is 36.5 Å². The van der Waals surface area contributed by atoms with Crippen molar-refractivity contribution in [1.29, 1.82) is 0 Å². The highest BCUT2D eigenvalue weighted by Gasteiger charge is 2.20. The van der Waals surface area contributed by atoms with Gasteiger partial charge < -0.3 is 10.1 Å². The quantitative estimate of drug-likeness (QED) is 0.869. The third-order valence-electron chi connectivity index (χ3n) is 3.24. The van der Waals surface area contributed by atoms with E-state index < -0.39 is 18.0 Å². The van der Waals surface area contributed by atoms with E-state index in [1.165, 1.54) is 19.2 Å². The summed E-state index contributed by atoms with van der Waals surface area (Å²) < 4.78 is 5.12. The maximum atomic E-state index is 12.2. The maximum Gasteiger partial charge on any atom is 0.357 e. The Hall–Kier alpha value is -2.40. The smallest absolute Gasteiger partial charge is 0.357 e. The van der Waals surface area contributed by atoms with E-state index in [1.807, 2.05) is 32.0 Å². The fourth-order valence-corrected chi connectivity index (χ4v) is 2.06. The Balaban J connectivity index is 2.02. The van der Waals surface area contributed by atoms with Crippen LogP contribution in [0.25, 0.3) is 0 Å². The minimum absolute atomic E-state index is 0.0592. The van der Waals surface area contributed by atoms with Crippen LogP contribution in [-0.2, 0) is 9.53 Å². The molecule has 0 aliphatic carbocycles. The highest BCUT2D eigenvalue weighted by atomic mass is 35.5. The molecule has 23 heavy (non-hydrogen) atoms. The third-order valence-corrected chi connectivity index (χ3v) is 3.47. The second kappa shape index (κ2) is 7.24. The predicted molar refractivity (Wildman–Crippen MR) is 88.7 cm³/mol. The third kappa shape index (κ3) is 4.53. The largest absolute Gasteiger partial charge is 0.448 e. The van der Waals surface area contributed by atoms with Crippen molar-refractivity contribution in [2.75, 3.05) is 5.32 Å². The number of hydrogen-bond donors (Lipinski definition) is 1. The number of nitrogens with zero attached hydrogens (tertiary/aromatic N) is 1. The number of hydrogen-bond acceptors (Lipinski definition) is 4. The summed E-state index contributed by atoms with van der Waals surface area (Å²) in [5.41, 5.74) is 2.71. The lowest BCUT2D eigenvalue weighted by Gasteiger charge is -2.15. The van der Waals surface area contributed by atoms with Crippen molar-refractivity contribution in [2.24, 2.45) is 0 Å². The van der Waals surface area contributed by atoms with Crippen LogP contribution in [0, 0.1) is 13.8 Å². The number of anilines is 1. The number of esters is 1. The van der Waals surface area contributed by atoms with E-state index in [1.54, 1.807) is 6.07 Å². The summed E-state index contributed by atoms with van der Waals surface area (Å²) in [5.74, 6) is -1.11. The number of rotatable bonds is 4. The van der Waals surface area contributed by atoms with Gasteiger partial charge in [-0.2, -0.15) is 0 Å². The average molecular weight is 333 g/mol. The molecule has 1 aromatic heterocycles. The van der Waals surface area contributed by atoms with Crippen LogP contribution in [0.4, 0.5) is 5.69 Å². The van der Waals surface area contributed by atoms with Crippen LogP contribution in [-0.4, -0.2) is 23.0 Å². The molecule has 1 amide bonds. The Bertz CT molecular complexity index is 746. The molecule has 2 aromatic rings. The van der Waals surface area contributed by atoms with E-state index in [0.29, 0.717) is 10.7 Å². The summed E-state index contributed by atoms with van der Waals surface area (Å²) in [5, 5.41) is 3.13. The van der Waals surface area contributed by atoms with Crippen LogP contribution < -0.4 is 5.32 Å². The van der Waals surface area contributed by atoms with E-state index in [0.717, 1.165) is 11.1 Å². The second-order valence-electron chi connectivity index (χ2n) is 5.21. The Morgan fingerprint density at radius 2 is 1.96 bits per heavy atom. The monoisotopic (exact) mass is 332 g/mol. The summed E-state index contributed by atoms with van der Waals surface area (Å²) in [6, 6.07) is 8.67. The summed E-state index contributed by atoms with van der Waals surface area (Å²) in [6.07, 6.45) is 0.447. The molecule has 1 N–H and O–H groups in total. The molecule has 0 unspecified atom stereocenters. The first-order chi connectivity index (χ1) is 10.9. The lowest BCUT2D eigenvalue weighted by molar-refractivity contribution is -0.123. The Labute approximate surface area is 139 Å². The minimum atomic E-state index is -0.955. The normalized spacial score (nSPS) is 11.7. The number of nitrogens with one attached hydrogen (secondary N) is 1. The van der Waals surface area contributed by atoms with Gasteiger partial charge in [0.2, 0.25) is 0 Å². The zero-order valence-electron chi connectivity index (χ0n) is 13.1. The summed E-state index contributed by atoms with van der Waals surface area (Å²) >= 11 is 5.80. The number of pyridine rings is 1. The average Bonchev–Trinajstić information content (AvgIpc) is 2.50. The van der Waals surface area contributed by atoms with Crippen molar-refractivity contribution >= 4 is 29.2 Å². The lowest BCUT2D eigenvalue weighted by Crippen LogP contribution is -2.30. The van der Waals surface area contributed by atoms with Crippen LogP contribution in [0.3, 0.4) is 0 Å². The van der Waals surface area contributed by atoms with Crippen molar-refractivity contribution in [3.05, 3.63) is 58.4 Å². The molecule has 1 heterocycles. The standard InChI is InChI=1S/C17H17ClN2O3/c1-10-4-5-11(2)14(8-10)20-16(21)12(3)23-17(22)15-9-13(18)6-7-19-15/h4-9,12H,1-3H3,(H,20,21)/t12-/m1/s1. The highest BCUT2D eigenvalue weighted by molar-refractivity contribution is 6.30. The number of aromatic nitrogens is 1. The molecular formula is C17H17ClN2O3. The number of aryl methyl sites for hydroxylation is 2. The molecule has 0 aliphatic heterocycles. The predicted octanol–water partition coefficient (Wildman–Crippen LogP) is 3.54.